The van der Waals surface area contributed by atoms with Crippen molar-refractivity contribution in [1.82, 2.24) is 0 Å². The third kappa shape index (κ3) is 4.90. The third-order valence-electron chi connectivity index (χ3n) is 3.73. The molecule has 0 saturated carbocycles. The molecule has 0 spiro atoms. The first-order valence-corrected chi connectivity index (χ1v) is 7.79. The minimum Gasteiger partial charge on any atom is -0.481 e. The largest absolute Gasteiger partial charge is 0.481 e. The van der Waals surface area contributed by atoms with Crippen molar-refractivity contribution in [2.45, 2.75) is 24.5 Å². The number of aliphatic carboxylic acids is 2. The Balaban J connectivity index is 2.24. The molecule has 0 radical (unpaired) electrons. The highest BCUT2D eigenvalue weighted by molar-refractivity contribution is 5.88. The molecule has 0 aliphatic carbocycles. The molecular formula is C19H18O7. The van der Waals surface area contributed by atoms with Gasteiger partial charge in [0.1, 0.15) is 0 Å². The average Bonchev–Trinajstić information content (AvgIpc) is 2.60. The Morgan fingerprint density at radius 3 is 1.69 bits per heavy atom. The van der Waals surface area contributed by atoms with Crippen LogP contribution in [0.2, 0.25) is 0 Å². The van der Waals surface area contributed by atoms with Crippen LogP contribution in [0, 0.1) is 0 Å². The van der Waals surface area contributed by atoms with Crippen LogP contribution in [0.4, 0.5) is 0 Å². The van der Waals surface area contributed by atoms with E-state index in [0.29, 0.717) is 11.1 Å². The Morgan fingerprint density at radius 2 is 1.31 bits per heavy atom. The zero-order valence-electron chi connectivity index (χ0n) is 13.7. The van der Waals surface area contributed by atoms with Gasteiger partial charge in [-0.1, -0.05) is 60.7 Å². The quantitative estimate of drug-likeness (QED) is 0.617. The highest BCUT2D eigenvalue weighted by Crippen LogP contribution is 2.28. The molecule has 26 heavy (non-hydrogen) atoms. The molecule has 0 fully saturated rings. The van der Waals surface area contributed by atoms with Crippen molar-refractivity contribution in [1.29, 1.82) is 0 Å². The van der Waals surface area contributed by atoms with Crippen molar-refractivity contribution in [3.05, 3.63) is 71.8 Å². The van der Waals surface area contributed by atoms with E-state index in [-0.39, 0.29) is 0 Å². The molecule has 0 heterocycles. The Labute approximate surface area is 149 Å². The summed E-state index contributed by atoms with van der Waals surface area (Å²) >= 11 is 0. The molecule has 7 heteroatoms. The summed E-state index contributed by atoms with van der Waals surface area (Å²) in [6, 6.07) is 17.6. The number of carboxylic acids is 2. The summed E-state index contributed by atoms with van der Waals surface area (Å²) in [4.78, 5) is 34.3. The van der Waals surface area contributed by atoms with E-state index in [2.05, 4.69) is 0 Å². The first kappa shape index (κ1) is 19.1. The summed E-state index contributed by atoms with van der Waals surface area (Å²) in [6.07, 6.45) is -2.91. The summed E-state index contributed by atoms with van der Waals surface area (Å²) in [5.41, 5.74) is -1.42. The number of rotatable bonds is 8. The van der Waals surface area contributed by atoms with Crippen molar-refractivity contribution in [2.24, 2.45) is 0 Å². The van der Waals surface area contributed by atoms with Crippen LogP contribution in [0.25, 0.3) is 0 Å². The van der Waals surface area contributed by atoms with E-state index in [1.165, 1.54) is 0 Å². The van der Waals surface area contributed by atoms with Crippen molar-refractivity contribution in [2.75, 3.05) is 0 Å². The summed E-state index contributed by atoms with van der Waals surface area (Å²) < 4.78 is 5.39. The molecule has 0 aliphatic heterocycles. The van der Waals surface area contributed by atoms with Gasteiger partial charge in [-0.3, -0.25) is 9.59 Å². The van der Waals surface area contributed by atoms with E-state index >= 15 is 0 Å². The predicted molar refractivity (Wildman–Crippen MR) is 90.3 cm³/mol. The van der Waals surface area contributed by atoms with Gasteiger partial charge in [-0.15, -0.1) is 0 Å². The van der Waals surface area contributed by atoms with Crippen molar-refractivity contribution in [3.63, 3.8) is 0 Å². The van der Waals surface area contributed by atoms with Gasteiger partial charge in [0.2, 0.25) is 0 Å². The molecule has 0 bridgehead atoms. The lowest BCUT2D eigenvalue weighted by Crippen LogP contribution is -2.43. The minimum atomic E-state index is -2.74. The van der Waals surface area contributed by atoms with Crippen LogP contribution >= 0.6 is 0 Å². The van der Waals surface area contributed by atoms with Gasteiger partial charge in [-0.25, -0.2) is 4.79 Å². The molecule has 2 rings (SSSR count). The van der Waals surface area contributed by atoms with Gasteiger partial charge >= 0.3 is 17.9 Å². The Hall–Kier alpha value is -3.19. The van der Waals surface area contributed by atoms with Crippen LogP contribution in [-0.4, -0.2) is 38.8 Å². The average molecular weight is 358 g/mol. The first-order valence-electron chi connectivity index (χ1n) is 7.79. The van der Waals surface area contributed by atoms with E-state index in [9.17, 15) is 19.5 Å². The van der Waals surface area contributed by atoms with Gasteiger partial charge in [-0.2, -0.15) is 0 Å². The van der Waals surface area contributed by atoms with Gasteiger partial charge in [0, 0.05) is 0 Å². The fourth-order valence-electron chi connectivity index (χ4n) is 2.46. The second-order valence-corrected chi connectivity index (χ2v) is 5.78. The van der Waals surface area contributed by atoms with Crippen molar-refractivity contribution >= 4 is 17.9 Å². The van der Waals surface area contributed by atoms with E-state index in [0.717, 1.165) is 0 Å². The molecule has 0 aliphatic rings. The number of hydrogen-bond acceptors (Lipinski definition) is 5. The number of carboxylic acid groups (broad SMARTS) is 2. The number of esters is 1. The van der Waals surface area contributed by atoms with Crippen LogP contribution in [-0.2, 0) is 19.1 Å². The lowest BCUT2D eigenvalue weighted by atomic mass is 9.95. The maximum absolute atomic E-state index is 12.3. The number of carbonyl (C=O) groups is 3. The molecule has 0 amide bonds. The monoisotopic (exact) mass is 358 g/mol. The molecule has 1 atom stereocenters. The summed E-state index contributed by atoms with van der Waals surface area (Å²) in [6.45, 7) is 0. The van der Waals surface area contributed by atoms with E-state index in [4.69, 9.17) is 14.9 Å². The lowest BCUT2D eigenvalue weighted by molar-refractivity contribution is -0.173. The van der Waals surface area contributed by atoms with E-state index in [1.807, 2.05) is 0 Å². The van der Waals surface area contributed by atoms with Crippen molar-refractivity contribution in [3.8, 4) is 0 Å². The molecule has 0 aromatic heterocycles. The molecule has 2 aromatic carbocycles. The Morgan fingerprint density at radius 1 is 0.846 bits per heavy atom. The zero-order chi connectivity index (χ0) is 19.2. The Bertz CT molecular complexity index is 733. The standard InChI is InChI=1S/C19H18O7/c20-15(21)11-19(25,18(23)24)12-16(22)26-17(13-7-3-1-4-8-13)14-9-5-2-6-10-14/h1-10,17,25H,11-12H2,(H,20,21)(H,23,24). The summed E-state index contributed by atoms with van der Waals surface area (Å²) in [5.74, 6) is -4.35. The van der Waals surface area contributed by atoms with Crippen LogP contribution in [0.1, 0.15) is 30.1 Å². The SMILES string of the molecule is O=C(O)CC(O)(CC(=O)OC(c1ccccc1)c1ccccc1)C(=O)O. The summed E-state index contributed by atoms with van der Waals surface area (Å²) in [5, 5.41) is 27.9. The van der Waals surface area contributed by atoms with Crippen LogP contribution in [0.5, 0.6) is 0 Å². The molecule has 0 saturated heterocycles. The van der Waals surface area contributed by atoms with Gasteiger partial charge in [0.25, 0.3) is 0 Å². The molecule has 2 aromatic rings. The van der Waals surface area contributed by atoms with Crippen LogP contribution in [0.3, 0.4) is 0 Å². The lowest BCUT2D eigenvalue weighted by Gasteiger charge is -2.23. The predicted octanol–water partition coefficient (Wildman–Crippen LogP) is 2.00. The number of carbonyl (C=O) groups excluding carboxylic acids is 1. The smallest absolute Gasteiger partial charge is 0.336 e. The second-order valence-electron chi connectivity index (χ2n) is 5.78. The topological polar surface area (TPSA) is 121 Å². The summed E-state index contributed by atoms with van der Waals surface area (Å²) in [7, 11) is 0. The first-order chi connectivity index (χ1) is 12.3. The van der Waals surface area contributed by atoms with Gasteiger partial charge < -0.3 is 20.1 Å². The maximum atomic E-state index is 12.3. The molecule has 1 unspecified atom stereocenters. The number of benzene rings is 2. The van der Waals surface area contributed by atoms with Gasteiger partial charge in [0.15, 0.2) is 11.7 Å². The molecule has 3 N–H and O–H groups in total. The third-order valence-corrected chi connectivity index (χ3v) is 3.73. The molecular weight excluding hydrogens is 340 g/mol. The van der Waals surface area contributed by atoms with E-state index in [1.54, 1.807) is 60.7 Å². The maximum Gasteiger partial charge on any atom is 0.336 e. The zero-order valence-corrected chi connectivity index (χ0v) is 13.7. The Kier molecular flexibility index (Phi) is 6.08. The van der Waals surface area contributed by atoms with Gasteiger partial charge in [0.05, 0.1) is 12.8 Å². The minimum absolute atomic E-state index is 0.657. The molecule has 136 valence electrons. The van der Waals surface area contributed by atoms with Crippen LogP contribution < -0.4 is 0 Å². The fourth-order valence-corrected chi connectivity index (χ4v) is 2.46. The van der Waals surface area contributed by atoms with Gasteiger partial charge in [-0.05, 0) is 11.1 Å². The fraction of sp³-hybridized carbons (Fsp3) is 0.211. The van der Waals surface area contributed by atoms with Crippen molar-refractivity contribution < 1.29 is 34.4 Å². The normalized spacial score (nSPS) is 13.0. The number of ether oxygens (including phenoxy) is 1. The van der Waals surface area contributed by atoms with E-state index < -0.39 is 42.5 Å². The second kappa shape index (κ2) is 8.26. The highest BCUT2D eigenvalue weighted by Gasteiger charge is 2.42. The number of aliphatic hydroxyl groups is 1. The highest BCUT2D eigenvalue weighted by atomic mass is 16.5. The van der Waals surface area contributed by atoms with Crippen LogP contribution in [0.15, 0.2) is 60.7 Å². The molecule has 7 nitrogen and oxygen atoms in total. The number of hydrogen-bond donors (Lipinski definition) is 3.